The van der Waals surface area contributed by atoms with Gasteiger partial charge in [-0.15, -0.1) is 11.3 Å². The molecular formula is C31H45N5O6S. The first kappa shape index (κ1) is 34.1. The summed E-state index contributed by atoms with van der Waals surface area (Å²) in [6.45, 7) is 9.04. The Bertz CT molecular complexity index is 1250. The molecule has 1 N–H and O–H groups in total. The van der Waals surface area contributed by atoms with Crippen molar-refractivity contribution in [3.8, 4) is 0 Å². The number of carbonyl (C=O) groups excluding carboxylic acids is 4. The van der Waals surface area contributed by atoms with Crippen molar-refractivity contribution >= 4 is 35.1 Å². The molecule has 12 heteroatoms. The molecule has 2 heterocycles. The molecule has 11 nitrogen and oxygen atoms in total. The molecule has 3 unspecified atom stereocenters. The molecule has 4 atom stereocenters. The van der Waals surface area contributed by atoms with E-state index in [0.717, 1.165) is 18.4 Å². The zero-order valence-corrected chi connectivity index (χ0v) is 27.1. The zero-order valence-electron chi connectivity index (χ0n) is 26.3. The lowest BCUT2D eigenvalue weighted by Gasteiger charge is -2.35. The number of methoxy groups -OCH3 is 1. The molecule has 1 saturated carbocycles. The molecule has 0 bridgehead atoms. The van der Waals surface area contributed by atoms with Crippen LogP contribution in [0.3, 0.4) is 0 Å². The number of amides is 2. The summed E-state index contributed by atoms with van der Waals surface area (Å²) >= 11 is 1.23. The van der Waals surface area contributed by atoms with Crippen LogP contribution in [0.5, 0.6) is 0 Å². The largest absolute Gasteiger partial charge is 0.469 e. The normalized spacial score (nSPS) is 16.0. The molecule has 2 amide bonds. The number of aromatic nitrogens is 3. The van der Waals surface area contributed by atoms with E-state index in [0.29, 0.717) is 42.4 Å². The number of hydrogen-bond donors (Lipinski definition) is 1. The number of nitrogens with zero attached hydrogens (tertiary/aromatic N) is 4. The van der Waals surface area contributed by atoms with Crippen molar-refractivity contribution < 1.29 is 28.7 Å². The fourth-order valence-corrected chi connectivity index (χ4v) is 6.07. The zero-order chi connectivity index (χ0) is 31.7. The molecule has 43 heavy (non-hydrogen) atoms. The summed E-state index contributed by atoms with van der Waals surface area (Å²) in [6.07, 6.45) is 7.58. The van der Waals surface area contributed by atoms with Crippen LogP contribution in [0, 0.1) is 24.7 Å². The van der Waals surface area contributed by atoms with E-state index >= 15 is 0 Å². The number of ether oxygens (including phenoxy) is 2. The van der Waals surface area contributed by atoms with Crippen LogP contribution in [0.1, 0.15) is 99.2 Å². The van der Waals surface area contributed by atoms with E-state index in [-0.39, 0.29) is 29.5 Å². The third-order valence-corrected chi connectivity index (χ3v) is 8.92. The number of aryl methyl sites for hydroxylation is 1. The summed E-state index contributed by atoms with van der Waals surface area (Å²) in [6, 6.07) is -0.642. The third-order valence-electron chi connectivity index (χ3n) is 7.98. The first-order valence-electron chi connectivity index (χ1n) is 14.9. The quantitative estimate of drug-likeness (QED) is 0.288. The molecule has 2 aromatic rings. The van der Waals surface area contributed by atoms with Gasteiger partial charge >= 0.3 is 11.9 Å². The second kappa shape index (κ2) is 15.9. The van der Waals surface area contributed by atoms with E-state index in [9.17, 15) is 19.2 Å². The van der Waals surface area contributed by atoms with Gasteiger partial charge in [0.2, 0.25) is 5.91 Å². The van der Waals surface area contributed by atoms with Crippen LogP contribution in [0.2, 0.25) is 0 Å². The van der Waals surface area contributed by atoms with E-state index < -0.39 is 29.9 Å². The third kappa shape index (κ3) is 10.1. The minimum absolute atomic E-state index is 0.0916. The van der Waals surface area contributed by atoms with Crippen LogP contribution >= 0.6 is 11.3 Å². The summed E-state index contributed by atoms with van der Waals surface area (Å²) in [7, 11) is 3.14. The van der Waals surface area contributed by atoms with Gasteiger partial charge in [0, 0.05) is 63.1 Å². The lowest BCUT2D eigenvalue weighted by atomic mass is 9.82. The molecule has 0 saturated heterocycles. The molecule has 1 fully saturated rings. The van der Waals surface area contributed by atoms with Gasteiger partial charge in [0.25, 0.3) is 5.91 Å². The number of nitrogens with one attached hydrogen (secondary N) is 1. The molecule has 2 aromatic heterocycles. The van der Waals surface area contributed by atoms with Crippen LogP contribution in [0.15, 0.2) is 17.8 Å². The van der Waals surface area contributed by atoms with E-state index in [1.54, 1.807) is 29.6 Å². The summed E-state index contributed by atoms with van der Waals surface area (Å²) in [5.41, 5.74) is 1.09. The Balaban J connectivity index is 1.76. The molecule has 0 aliphatic heterocycles. The molecule has 1 aliphatic carbocycles. The molecule has 1 aliphatic rings. The van der Waals surface area contributed by atoms with Gasteiger partial charge in [-0.1, -0.05) is 27.2 Å². The van der Waals surface area contributed by atoms with Crippen LogP contribution in [-0.2, 0) is 30.3 Å². The molecule has 0 spiro atoms. The monoisotopic (exact) mass is 615 g/mol. The summed E-state index contributed by atoms with van der Waals surface area (Å²) in [4.78, 5) is 65.6. The average Bonchev–Trinajstić information content (AvgIpc) is 3.43. The predicted molar refractivity (Wildman–Crippen MR) is 162 cm³/mol. The molecule has 0 radical (unpaired) electrons. The molecule has 3 rings (SSSR count). The Kier molecular flexibility index (Phi) is 12.6. The standard InChI is InChI=1S/C31H45N5O6S/c1-18(2)25(36(6)28(38)12-22-9-8-10-22)14-26(42-21(5)37)30-35-24(17-43-30)29(39)34-23(11-20(4)31(40)41-7)13-27-32-15-19(3)16-33-27/h15-18,20,22-23,25-26H,8-14H2,1-7H3,(H,34,39)/t20?,23-,25?,26?/m1/s1. The van der Waals surface area contributed by atoms with E-state index in [2.05, 4.69) is 20.3 Å². The van der Waals surface area contributed by atoms with Crippen LogP contribution in [-0.4, -0.2) is 69.8 Å². The van der Waals surface area contributed by atoms with Crippen molar-refractivity contribution in [2.75, 3.05) is 14.2 Å². The van der Waals surface area contributed by atoms with E-state index in [1.807, 2.05) is 27.8 Å². The van der Waals surface area contributed by atoms with Gasteiger partial charge in [-0.05, 0) is 43.6 Å². The Morgan fingerprint density at radius 2 is 1.79 bits per heavy atom. The smallest absolute Gasteiger partial charge is 0.308 e. The van der Waals surface area contributed by atoms with Crippen molar-refractivity contribution in [1.82, 2.24) is 25.2 Å². The fourth-order valence-electron chi connectivity index (χ4n) is 5.23. The molecule has 0 aromatic carbocycles. The van der Waals surface area contributed by atoms with Crippen LogP contribution < -0.4 is 5.32 Å². The Morgan fingerprint density at radius 3 is 2.35 bits per heavy atom. The van der Waals surface area contributed by atoms with Gasteiger partial charge < -0.3 is 19.7 Å². The van der Waals surface area contributed by atoms with Crippen LogP contribution in [0.4, 0.5) is 0 Å². The van der Waals surface area contributed by atoms with Crippen LogP contribution in [0.25, 0.3) is 0 Å². The number of carbonyl (C=O) groups is 4. The maximum Gasteiger partial charge on any atom is 0.308 e. The first-order chi connectivity index (χ1) is 20.4. The topological polar surface area (TPSA) is 141 Å². The van der Waals surface area contributed by atoms with Crippen molar-refractivity contribution in [2.45, 2.75) is 97.8 Å². The van der Waals surface area contributed by atoms with E-state index in [1.165, 1.54) is 31.8 Å². The number of rotatable bonds is 15. The second-order valence-corrected chi connectivity index (χ2v) is 12.8. The molecule has 236 valence electrons. The second-order valence-electron chi connectivity index (χ2n) is 11.9. The van der Waals surface area contributed by atoms with Gasteiger partial charge in [-0.2, -0.15) is 0 Å². The lowest BCUT2D eigenvalue weighted by Crippen LogP contribution is -2.42. The summed E-state index contributed by atoms with van der Waals surface area (Å²) in [5, 5.41) is 5.08. The number of hydrogen-bond acceptors (Lipinski definition) is 10. The van der Waals surface area contributed by atoms with Gasteiger partial charge in [-0.3, -0.25) is 19.2 Å². The first-order valence-corrected chi connectivity index (χ1v) is 15.8. The van der Waals surface area contributed by atoms with Gasteiger partial charge in [0.05, 0.1) is 13.0 Å². The van der Waals surface area contributed by atoms with Crippen molar-refractivity contribution in [3.63, 3.8) is 0 Å². The maximum absolute atomic E-state index is 13.4. The number of esters is 2. The maximum atomic E-state index is 13.4. The summed E-state index contributed by atoms with van der Waals surface area (Å²) < 4.78 is 10.6. The minimum Gasteiger partial charge on any atom is -0.469 e. The fraction of sp³-hybridized carbons (Fsp3) is 0.645. The highest BCUT2D eigenvalue weighted by molar-refractivity contribution is 7.09. The van der Waals surface area contributed by atoms with Gasteiger partial charge in [0.15, 0.2) is 6.10 Å². The van der Waals surface area contributed by atoms with Gasteiger partial charge in [-0.25, -0.2) is 15.0 Å². The highest BCUT2D eigenvalue weighted by atomic mass is 32.1. The van der Waals surface area contributed by atoms with E-state index in [4.69, 9.17) is 9.47 Å². The highest BCUT2D eigenvalue weighted by Gasteiger charge is 2.32. The average molecular weight is 616 g/mol. The SMILES string of the molecule is COC(=O)C(C)C[C@H](Cc1ncc(C)cn1)NC(=O)c1csc(C(CC(C(C)C)N(C)C(=O)CC2CCC2)OC(C)=O)n1. The highest BCUT2D eigenvalue weighted by Crippen LogP contribution is 2.33. The Morgan fingerprint density at radius 1 is 1.12 bits per heavy atom. The lowest BCUT2D eigenvalue weighted by molar-refractivity contribution is -0.148. The number of thiazole rings is 1. The Labute approximate surface area is 258 Å². The predicted octanol–water partition coefficient (Wildman–Crippen LogP) is 4.45. The summed E-state index contributed by atoms with van der Waals surface area (Å²) in [5.74, 6) is -0.538. The van der Waals surface area contributed by atoms with Crippen molar-refractivity contribution in [2.24, 2.45) is 17.8 Å². The van der Waals surface area contributed by atoms with Gasteiger partial charge in [0.1, 0.15) is 16.5 Å². The minimum atomic E-state index is -0.716. The van der Waals surface area contributed by atoms with Crippen molar-refractivity contribution in [3.05, 3.63) is 39.9 Å². The molecular weight excluding hydrogens is 570 g/mol. The van der Waals surface area contributed by atoms with Crippen molar-refractivity contribution in [1.29, 1.82) is 0 Å². The Hall–Kier alpha value is -3.41.